The standard InChI is InChI=1S/C15H25NO/c1-11(2)9-13-5-7-14(8-6-13)15(16)10-17-12(3)4/h5-8,11-12,15H,9-10,16H2,1-4H3. The van der Waals surface area contributed by atoms with Crippen LogP contribution >= 0.6 is 0 Å². The molecule has 1 atom stereocenters. The summed E-state index contributed by atoms with van der Waals surface area (Å²) in [4.78, 5) is 0. The fourth-order valence-electron chi connectivity index (χ4n) is 1.76. The fraction of sp³-hybridized carbons (Fsp3) is 0.600. The smallest absolute Gasteiger partial charge is 0.0662 e. The van der Waals surface area contributed by atoms with Gasteiger partial charge >= 0.3 is 0 Å². The molecule has 96 valence electrons. The van der Waals surface area contributed by atoms with Gasteiger partial charge in [-0.15, -0.1) is 0 Å². The normalized spacial score (nSPS) is 13.4. The van der Waals surface area contributed by atoms with Crippen LogP contribution in [0.2, 0.25) is 0 Å². The summed E-state index contributed by atoms with van der Waals surface area (Å²) in [5, 5.41) is 0. The van der Waals surface area contributed by atoms with Crippen LogP contribution in [0.5, 0.6) is 0 Å². The first-order chi connectivity index (χ1) is 7.99. The summed E-state index contributed by atoms with van der Waals surface area (Å²) in [5.74, 6) is 0.693. The molecule has 0 fully saturated rings. The number of rotatable bonds is 6. The van der Waals surface area contributed by atoms with Crippen LogP contribution in [0.15, 0.2) is 24.3 Å². The lowest BCUT2D eigenvalue weighted by Gasteiger charge is -2.15. The van der Waals surface area contributed by atoms with E-state index in [4.69, 9.17) is 10.5 Å². The van der Waals surface area contributed by atoms with Gasteiger partial charge in [-0.1, -0.05) is 38.1 Å². The molecule has 1 rings (SSSR count). The summed E-state index contributed by atoms with van der Waals surface area (Å²) in [5.41, 5.74) is 8.60. The molecule has 0 bridgehead atoms. The molecule has 0 aliphatic rings. The lowest BCUT2D eigenvalue weighted by atomic mass is 10.00. The summed E-state index contributed by atoms with van der Waals surface area (Å²) in [6.07, 6.45) is 1.36. The highest BCUT2D eigenvalue weighted by atomic mass is 16.5. The van der Waals surface area contributed by atoms with Gasteiger partial charge in [0.25, 0.3) is 0 Å². The lowest BCUT2D eigenvalue weighted by molar-refractivity contribution is 0.0683. The number of benzene rings is 1. The van der Waals surface area contributed by atoms with E-state index in [1.807, 2.05) is 13.8 Å². The van der Waals surface area contributed by atoms with Crippen LogP contribution in [-0.2, 0) is 11.2 Å². The van der Waals surface area contributed by atoms with Crippen LogP contribution in [0.3, 0.4) is 0 Å². The Balaban J connectivity index is 2.54. The molecule has 0 amide bonds. The van der Waals surface area contributed by atoms with Crippen molar-refractivity contribution in [2.45, 2.75) is 46.3 Å². The van der Waals surface area contributed by atoms with Crippen molar-refractivity contribution in [2.75, 3.05) is 6.61 Å². The Morgan fingerprint density at radius 2 is 1.65 bits per heavy atom. The van der Waals surface area contributed by atoms with Crippen LogP contribution in [-0.4, -0.2) is 12.7 Å². The molecule has 0 aromatic heterocycles. The summed E-state index contributed by atoms with van der Waals surface area (Å²) < 4.78 is 5.53. The third kappa shape index (κ3) is 5.33. The lowest BCUT2D eigenvalue weighted by Crippen LogP contribution is -2.19. The maximum atomic E-state index is 6.07. The van der Waals surface area contributed by atoms with Crippen molar-refractivity contribution in [1.29, 1.82) is 0 Å². The summed E-state index contributed by atoms with van der Waals surface area (Å²) in [6, 6.07) is 8.55. The molecule has 1 aromatic rings. The SMILES string of the molecule is CC(C)Cc1ccc(C(N)COC(C)C)cc1. The van der Waals surface area contributed by atoms with Crippen molar-refractivity contribution < 1.29 is 4.74 Å². The average molecular weight is 235 g/mol. The third-order valence-electron chi connectivity index (χ3n) is 2.66. The highest BCUT2D eigenvalue weighted by molar-refractivity contribution is 5.25. The Hall–Kier alpha value is -0.860. The minimum Gasteiger partial charge on any atom is -0.377 e. The van der Waals surface area contributed by atoms with Crippen molar-refractivity contribution >= 4 is 0 Å². The zero-order valence-corrected chi connectivity index (χ0v) is 11.4. The Kier molecular flexibility index (Phi) is 5.66. The van der Waals surface area contributed by atoms with Crippen molar-refractivity contribution in [2.24, 2.45) is 11.7 Å². The topological polar surface area (TPSA) is 35.2 Å². The molecule has 2 heteroatoms. The van der Waals surface area contributed by atoms with Gasteiger partial charge in [-0.25, -0.2) is 0 Å². The van der Waals surface area contributed by atoms with Gasteiger partial charge in [0, 0.05) is 0 Å². The van der Waals surface area contributed by atoms with Crippen LogP contribution in [0.4, 0.5) is 0 Å². The van der Waals surface area contributed by atoms with E-state index >= 15 is 0 Å². The van der Waals surface area contributed by atoms with Gasteiger partial charge in [-0.2, -0.15) is 0 Å². The minimum absolute atomic E-state index is 0.0227. The van der Waals surface area contributed by atoms with Gasteiger partial charge in [0.15, 0.2) is 0 Å². The van der Waals surface area contributed by atoms with Crippen molar-refractivity contribution in [3.05, 3.63) is 35.4 Å². The molecule has 17 heavy (non-hydrogen) atoms. The highest BCUT2D eigenvalue weighted by Gasteiger charge is 2.07. The number of ether oxygens (including phenoxy) is 1. The molecule has 0 saturated heterocycles. The van der Waals surface area contributed by atoms with Crippen molar-refractivity contribution in [1.82, 2.24) is 0 Å². The second kappa shape index (κ2) is 6.77. The Bertz CT molecular complexity index is 316. The van der Waals surface area contributed by atoms with E-state index in [1.165, 1.54) is 5.56 Å². The molecule has 0 spiro atoms. The zero-order chi connectivity index (χ0) is 12.8. The predicted octanol–water partition coefficient (Wildman–Crippen LogP) is 3.31. The predicted molar refractivity (Wildman–Crippen MR) is 73.0 cm³/mol. The second-order valence-corrected chi connectivity index (χ2v) is 5.33. The molecule has 0 aliphatic carbocycles. The summed E-state index contributed by atoms with van der Waals surface area (Å²) >= 11 is 0. The van der Waals surface area contributed by atoms with E-state index in [9.17, 15) is 0 Å². The molecule has 1 aromatic carbocycles. The Labute approximate surface area is 105 Å². The molecule has 2 nitrogen and oxygen atoms in total. The van der Waals surface area contributed by atoms with E-state index in [0.29, 0.717) is 12.5 Å². The van der Waals surface area contributed by atoms with Gasteiger partial charge in [-0.05, 0) is 37.3 Å². The van der Waals surface area contributed by atoms with Gasteiger partial charge < -0.3 is 10.5 Å². The molecule has 0 saturated carbocycles. The third-order valence-corrected chi connectivity index (χ3v) is 2.66. The van der Waals surface area contributed by atoms with Crippen LogP contribution < -0.4 is 5.73 Å². The van der Waals surface area contributed by atoms with E-state index < -0.39 is 0 Å². The average Bonchev–Trinajstić information content (AvgIpc) is 2.26. The van der Waals surface area contributed by atoms with Crippen LogP contribution in [0.1, 0.15) is 44.9 Å². The first kappa shape index (κ1) is 14.2. The molecule has 0 aliphatic heterocycles. The molecule has 0 radical (unpaired) electrons. The molecule has 0 heterocycles. The maximum Gasteiger partial charge on any atom is 0.0662 e. The van der Waals surface area contributed by atoms with Gasteiger partial charge in [-0.3, -0.25) is 0 Å². The molecular weight excluding hydrogens is 210 g/mol. The fourth-order valence-corrected chi connectivity index (χ4v) is 1.76. The van der Waals surface area contributed by atoms with Gasteiger partial charge in [0.2, 0.25) is 0 Å². The number of hydrogen-bond acceptors (Lipinski definition) is 2. The Morgan fingerprint density at radius 1 is 1.06 bits per heavy atom. The van der Waals surface area contributed by atoms with Gasteiger partial charge in [0.05, 0.1) is 18.8 Å². The van der Waals surface area contributed by atoms with E-state index in [0.717, 1.165) is 12.0 Å². The van der Waals surface area contributed by atoms with E-state index in [-0.39, 0.29) is 12.1 Å². The quantitative estimate of drug-likeness (QED) is 0.821. The first-order valence-corrected chi connectivity index (χ1v) is 6.45. The zero-order valence-electron chi connectivity index (χ0n) is 11.4. The molecule has 2 N–H and O–H groups in total. The second-order valence-electron chi connectivity index (χ2n) is 5.33. The van der Waals surface area contributed by atoms with Crippen molar-refractivity contribution in [3.8, 4) is 0 Å². The van der Waals surface area contributed by atoms with Crippen molar-refractivity contribution in [3.63, 3.8) is 0 Å². The summed E-state index contributed by atoms with van der Waals surface area (Å²) in [7, 11) is 0. The monoisotopic (exact) mass is 235 g/mol. The molecular formula is C15H25NO. The number of hydrogen-bond donors (Lipinski definition) is 1. The number of nitrogens with two attached hydrogens (primary N) is 1. The van der Waals surface area contributed by atoms with E-state index in [2.05, 4.69) is 38.1 Å². The van der Waals surface area contributed by atoms with E-state index in [1.54, 1.807) is 0 Å². The largest absolute Gasteiger partial charge is 0.377 e. The Morgan fingerprint density at radius 3 is 2.12 bits per heavy atom. The minimum atomic E-state index is -0.0227. The summed E-state index contributed by atoms with van der Waals surface area (Å²) in [6.45, 7) is 9.10. The first-order valence-electron chi connectivity index (χ1n) is 6.45. The highest BCUT2D eigenvalue weighted by Crippen LogP contribution is 2.15. The van der Waals surface area contributed by atoms with Crippen LogP contribution in [0, 0.1) is 5.92 Å². The van der Waals surface area contributed by atoms with Crippen LogP contribution in [0.25, 0.3) is 0 Å². The maximum absolute atomic E-state index is 6.07. The van der Waals surface area contributed by atoms with Gasteiger partial charge in [0.1, 0.15) is 0 Å². The molecule has 1 unspecified atom stereocenters.